The first-order valence-electron chi connectivity index (χ1n) is 5.93. The summed E-state index contributed by atoms with van der Waals surface area (Å²) in [4.78, 5) is 12.2. The van der Waals surface area contributed by atoms with Gasteiger partial charge < -0.3 is 4.57 Å². The summed E-state index contributed by atoms with van der Waals surface area (Å²) in [6.45, 7) is 0. The average Bonchev–Trinajstić information content (AvgIpc) is 2.91. The quantitative estimate of drug-likeness (QED) is 0.484. The highest BCUT2D eigenvalue weighted by atomic mass is 16.1. The van der Waals surface area contributed by atoms with Crippen molar-refractivity contribution in [2.75, 3.05) is 0 Å². The maximum atomic E-state index is 12.2. The summed E-state index contributed by atoms with van der Waals surface area (Å²) in [6, 6.07) is 14.1. The van der Waals surface area contributed by atoms with Gasteiger partial charge in [-0.1, -0.05) is 12.1 Å². The standard InChI is InChI=1S/C16H11N3O/c1-19-8-2-3-15(19)16(20)14(11-18)9-12-4-6-13(10-17)7-5-12/h2-9H,1H3/b14-9+. The monoisotopic (exact) mass is 261 g/mol. The minimum absolute atomic E-state index is 0.0662. The van der Waals surface area contributed by atoms with Gasteiger partial charge in [0.1, 0.15) is 11.6 Å². The van der Waals surface area contributed by atoms with Crippen molar-refractivity contribution in [2.45, 2.75) is 0 Å². The van der Waals surface area contributed by atoms with Crippen molar-refractivity contribution < 1.29 is 4.79 Å². The van der Waals surface area contributed by atoms with E-state index in [1.165, 1.54) is 6.08 Å². The zero-order chi connectivity index (χ0) is 14.5. The van der Waals surface area contributed by atoms with Crippen molar-refractivity contribution in [2.24, 2.45) is 7.05 Å². The van der Waals surface area contributed by atoms with Crippen molar-refractivity contribution in [3.05, 3.63) is 65.0 Å². The fourth-order valence-corrected chi connectivity index (χ4v) is 1.80. The first-order chi connectivity index (χ1) is 9.65. The normalized spacial score (nSPS) is 10.7. The summed E-state index contributed by atoms with van der Waals surface area (Å²) in [5, 5.41) is 17.9. The molecule has 0 spiro atoms. The van der Waals surface area contributed by atoms with E-state index >= 15 is 0 Å². The zero-order valence-electron chi connectivity index (χ0n) is 10.9. The Bertz CT molecular complexity index is 752. The van der Waals surface area contributed by atoms with E-state index in [4.69, 9.17) is 10.5 Å². The smallest absolute Gasteiger partial charge is 0.219 e. The minimum atomic E-state index is -0.315. The number of hydrogen-bond acceptors (Lipinski definition) is 3. The predicted molar refractivity (Wildman–Crippen MR) is 74.5 cm³/mol. The van der Waals surface area contributed by atoms with Crippen LogP contribution in [0.2, 0.25) is 0 Å². The largest absolute Gasteiger partial charge is 0.348 e. The Morgan fingerprint density at radius 3 is 2.40 bits per heavy atom. The number of nitriles is 2. The molecule has 1 aromatic carbocycles. The molecule has 0 fully saturated rings. The van der Waals surface area contributed by atoms with Gasteiger partial charge >= 0.3 is 0 Å². The number of allylic oxidation sites excluding steroid dienone is 1. The van der Waals surface area contributed by atoms with Gasteiger partial charge in [-0.25, -0.2) is 0 Å². The Morgan fingerprint density at radius 1 is 1.20 bits per heavy atom. The van der Waals surface area contributed by atoms with Crippen LogP contribution < -0.4 is 0 Å². The van der Waals surface area contributed by atoms with E-state index < -0.39 is 0 Å². The second-order valence-corrected chi connectivity index (χ2v) is 4.24. The van der Waals surface area contributed by atoms with Crippen LogP contribution in [0, 0.1) is 22.7 Å². The second-order valence-electron chi connectivity index (χ2n) is 4.24. The number of rotatable bonds is 3. The molecule has 0 aliphatic rings. The lowest BCUT2D eigenvalue weighted by Gasteiger charge is -2.01. The van der Waals surface area contributed by atoms with Crippen LogP contribution >= 0.6 is 0 Å². The Kier molecular flexibility index (Phi) is 3.79. The van der Waals surface area contributed by atoms with E-state index in [1.54, 1.807) is 54.2 Å². The molecule has 0 saturated heterocycles. The van der Waals surface area contributed by atoms with Crippen LogP contribution in [0.4, 0.5) is 0 Å². The van der Waals surface area contributed by atoms with E-state index in [9.17, 15) is 4.79 Å². The van der Waals surface area contributed by atoms with Gasteiger partial charge in [0.05, 0.1) is 17.3 Å². The number of nitrogens with zero attached hydrogens (tertiary/aromatic N) is 3. The Balaban J connectivity index is 2.35. The summed E-state index contributed by atoms with van der Waals surface area (Å²) in [7, 11) is 1.75. The fraction of sp³-hybridized carbons (Fsp3) is 0.0625. The molecule has 4 heteroatoms. The van der Waals surface area contributed by atoms with Crippen LogP contribution in [0.15, 0.2) is 48.2 Å². The number of carbonyl (C=O) groups excluding carboxylic acids is 1. The van der Waals surface area contributed by atoms with E-state index in [0.29, 0.717) is 16.8 Å². The van der Waals surface area contributed by atoms with E-state index in [0.717, 1.165) is 0 Å². The summed E-state index contributed by atoms with van der Waals surface area (Å²) in [5.41, 5.74) is 1.78. The molecule has 1 aromatic heterocycles. The SMILES string of the molecule is Cn1cccc1C(=O)/C(C#N)=C/c1ccc(C#N)cc1. The lowest BCUT2D eigenvalue weighted by molar-refractivity contribution is 0.103. The lowest BCUT2D eigenvalue weighted by Crippen LogP contribution is -2.07. The summed E-state index contributed by atoms with van der Waals surface area (Å²) in [5.74, 6) is -0.315. The van der Waals surface area contributed by atoms with Crippen molar-refractivity contribution in [3.8, 4) is 12.1 Å². The van der Waals surface area contributed by atoms with Crippen molar-refractivity contribution in [1.29, 1.82) is 10.5 Å². The number of carbonyl (C=O) groups is 1. The third-order valence-corrected chi connectivity index (χ3v) is 2.89. The van der Waals surface area contributed by atoms with E-state index in [-0.39, 0.29) is 11.4 Å². The highest BCUT2D eigenvalue weighted by Gasteiger charge is 2.14. The first kappa shape index (κ1) is 13.3. The molecule has 2 rings (SSSR count). The zero-order valence-corrected chi connectivity index (χ0v) is 10.9. The number of benzene rings is 1. The Hall–Kier alpha value is -3.11. The number of Topliss-reactive ketones (excluding diaryl/α,β-unsaturated/α-hetero) is 1. The Morgan fingerprint density at radius 2 is 1.90 bits per heavy atom. The van der Waals surface area contributed by atoms with Crippen molar-refractivity contribution >= 4 is 11.9 Å². The van der Waals surface area contributed by atoms with Crippen molar-refractivity contribution in [1.82, 2.24) is 4.57 Å². The molecule has 2 aromatic rings. The minimum Gasteiger partial charge on any atom is -0.348 e. The maximum Gasteiger partial charge on any atom is 0.219 e. The highest BCUT2D eigenvalue weighted by Crippen LogP contribution is 2.13. The third kappa shape index (κ3) is 2.66. The van der Waals surface area contributed by atoms with Crippen LogP contribution in [0.5, 0.6) is 0 Å². The molecule has 20 heavy (non-hydrogen) atoms. The summed E-state index contributed by atoms with van der Waals surface area (Å²) < 4.78 is 1.67. The molecular formula is C16H11N3O. The van der Waals surface area contributed by atoms with Crippen LogP contribution in [0.3, 0.4) is 0 Å². The van der Waals surface area contributed by atoms with Gasteiger partial charge in [-0.05, 0) is 35.9 Å². The average molecular weight is 261 g/mol. The highest BCUT2D eigenvalue weighted by molar-refractivity contribution is 6.13. The van der Waals surface area contributed by atoms with Crippen LogP contribution in [0.1, 0.15) is 21.6 Å². The molecule has 0 radical (unpaired) electrons. The molecule has 0 bridgehead atoms. The van der Waals surface area contributed by atoms with Crippen LogP contribution in [-0.4, -0.2) is 10.4 Å². The number of ketones is 1. The van der Waals surface area contributed by atoms with Gasteiger partial charge in [-0.3, -0.25) is 4.79 Å². The summed E-state index contributed by atoms with van der Waals surface area (Å²) in [6.07, 6.45) is 3.28. The van der Waals surface area contributed by atoms with Crippen molar-refractivity contribution in [3.63, 3.8) is 0 Å². The van der Waals surface area contributed by atoms with Crippen LogP contribution in [0.25, 0.3) is 6.08 Å². The molecule has 0 unspecified atom stereocenters. The molecule has 0 aliphatic carbocycles. The van der Waals surface area contributed by atoms with E-state index in [1.807, 2.05) is 12.1 Å². The molecule has 0 saturated carbocycles. The molecule has 0 N–H and O–H groups in total. The lowest BCUT2D eigenvalue weighted by atomic mass is 10.1. The molecule has 4 nitrogen and oxygen atoms in total. The second kappa shape index (κ2) is 5.69. The van der Waals surface area contributed by atoms with Gasteiger partial charge in [0, 0.05) is 13.2 Å². The van der Waals surface area contributed by atoms with Gasteiger partial charge in [0.25, 0.3) is 0 Å². The fourth-order valence-electron chi connectivity index (χ4n) is 1.80. The number of hydrogen-bond donors (Lipinski definition) is 0. The number of aryl methyl sites for hydroxylation is 1. The molecule has 1 heterocycles. The summed E-state index contributed by atoms with van der Waals surface area (Å²) >= 11 is 0. The first-order valence-corrected chi connectivity index (χ1v) is 5.93. The molecule has 0 atom stereocenters. The molecule has 0 aliphatic heterocycles. The van der Waals surface area contributed by atoms with E-state index in [2.05, 4.69) is 0 Å². The van der Waals surface area contributed by atoms with Gasteiger partial charge in [0.15, 0.2) is 0 Å². The maximum absolute atomic E-state index is 12.2. The molecule has 96 valence electrons. The third-order valence-electron chi connectivity index (χ3n) is 2.89. The van der Waals surface area contributed by atoms with Crippen LogP contribution in [-0.2, 0) is 7.05 Å². The molecular weight excluding hydrogens is 250 g/mol. The topological polar surface area (TPSA) is 69.6 Å². The van der Waals surface area contributed by atoms with Gasteiger partial charge in [-0.15, -0.1) is 0 Å². The molecule has 0 amide bonds. The Labute approximate surface area is 116 Å². The number of aromatic nitrogens is 1. The van der Waals surface area contributed by atoms with Gasteiger partial charge in [-0.2, -0.15) is 10.5 Å². The predicted octanol–water partition coefficient (Wildman–Crippen LogP) is 2.69. The van der Waals surface area contributed by atoms with Gasteiger partial charge in [0.2, 0.25) is 5.78 Å².